The first-order valence-corrected chi connectivity index (χ1v) is 6.85. The third-order valence-electron chi connectivity index (χ3n) is 3.33. The number of piperazine rings is 1. The summed E-state index contributed by atoms with van der Waals surface area (Å²) in [6.45, 7) is 4.52. The molecule has 1 N–H and O–H groups in total. The SMILES string of the molecule is COc1ccc(CN(C)CC(=O)N2CCNCC2)cn1. The molecule has 0 unspecified atom stereocenters. The Morgan fingerprint density at radius 1 is 1.45 bits per heavy atom. The Morgan fingerprint density at radius 2 is 2.20 bits per heavy atom. The lowest BCUT2D eigenvalue weighted by Crippen LogP contribution is -2.49. The van der Waals surface area contributed by atoms with E-state index < -0.39 is 0 Å². The van der Waals surface area contributed by atoms with Gasteiger partial charge in [-0.1, -0.05) is 6.07 Å². The van der Waals surface area contributed by atoms with Crippen molar-refractivity contribution in [1.82, 2.24) is 20.1 Å². The normalized spacial score (nSPS) is 15.4. The average molecular weight is 278 g/mol. The lowest BCUT2D eigenvalue weighted by Gasteiger charge is -2.29. The van der Waals surface area contributed by atoms with E-state index in [0.717, 1.165) is 31.7 Å². The van der Waals surface area contributed by atoms with Crippen LogP contribution in [-0.4, -0.2) is 67.6 Å². The van der Waals surface area contributed by atoms with Gasteiger partial charge in [0.05, 0.1) is 13.7 Å². The summed E-state index contributed by atoms with van der Waals surface area (Å²) < 4.78 is 5.03. The summed E-state index contributed by atoms with van der Waals surface area (Å²) in [6, 6.07) is 3.80. The van der Waals surface area contributed by atoms with Crippen LogP contribution in [0.1, 0.15) is 5.56 Å². The van der Waals surface area contributed by atoms with Crippen LogP contribution in [0.4, 0.5) is 0 Å². The van der Waals surface area contributed by atoms with Crippen LogP contribution in [0.3, 0.4) is 0 Å². The van der Waals surface area contributed by atoms with Crippen molar-refractivity contribution in [1.29, 1.82) is 0 Å². The number of hydrogen-bond donors (Lipinski definition) is 1. The van der Waals surface area contributed by atoms with Crippen molar-refractivity contribution in [2.45, 2.75) is 6.54 Å². The standard InChI is InChI=1S/C14H22N4O2/c1-17(10-12-3-4-13(20-2)16-9-12)11-14(19)18-7-5-15-6-8-18/h3-4,9,15H,5-8,10-11H2,1-2H3. The van der Waals surface area contributed by atoms with Crippen LogP contribution >= 0.6 is 0 Å². The zero-order chi connectivity index (χ0) is 14.4. The summed E-state index contributed by atoms with van der Waals surface area (Å²) >= 11 is 0. The molecule has 6 nitrogen and oxygen atoms in total. The fraction of sp³-hybridized carbons (Fsp3) is 0.571. The number of nitrogens with zero attached hydrogens (tertiary/aromatic N) is 3. The molecule has 2 rings (SSSR count). The predicted octanol–water partition coefficient (Wildman–Crippen LogP) is -0.0462. The predicted molar refractivity (Wildman–Crippen MR) is 76.6 cm³/mol. The first kappa shape index (κ1) is 14.7. The zero-order valence-electron chi connectivity index (χ0n) is 12.1. The zero-order valence-corrected chi connectivity index (χ0v) is 12.1. The molecule has 1 aromatic rings. The fourth-order valence-electron chi connectivity index (χ4n) is 2.24. The van der Waals surface area contributed by atoms with Gasteiger partial charge in [-0.15, -0.1) is 0 Å². The number of pyridine rings is 1. The van der Waals surface area contributed by atoms with E-state index in [1.54, 1.807) is 13.3 Å². The molecular formula is C14H22N4O2. The Morgan fingerprint density at radius 3 is 2.80 bits per heavy atom. The average Bonchev–Trinajstić information content (AvgIpc) is 2.49. The second-order valence-corrected chi connectivity index (χ2v) is 5.01. The van der Waals surface area contributed by atoms with Crippen molar-refractivity contribution in [3.63, 3.8) is 0 Å². The van der Waals surface area contributed by atoms with Crippen molar-refractivity contribution < 1.29 is 9.53 Å². The smallest absolute Gasteiger partial charge is 0.236 e. The molecule has 0 atom stereocenters. The van der Waals surface area contributed by atoms with Gasteiger partial charge in [0.2, 0.25) is 11.8 Å². The Balaban J connectivity index is 1.81. The number of carbonyl (C=O) groups excluding carboxylic acids is 1. The van der Waals surface area contributed by atoms with E-state index in [1.165, 1.54) is 0 Å². The molecule has 0 aromatic carbocycles. The van der Waals surface area contributed by atoms with E-state index in [1.807, 2.05) is 29.0 Å². The van der Waals surface area contributed by atoms with Crippen molar-refractivity contribution in [2.75, 3.05) is 46.9 Å². The maximum atomic E-state index is 12.1. The molecule has 1 aliphatic heterocycles. The highest BCUT2D eigenvalue weighted by Crippen LogP contribution is 2.08. The second kappa shape index (κ2) is 7.21. The number of hydrogen-bond acceptors (Lipinski definition) is 5. The van der Waals surface area contributed by atoms with Gasteiger partial charge in [0.15, 0.2) is 0 Å². The molecule has 1 fully saturated rings. The van der Waals surface area contributed by atoms with Gasteiger partial charge in [-0.25, -0.2) is 4.98 Å². The third kappa shape index (κ3) is 4.18. The molecule has 1 saturated heterocycles. The lowest BCUT2D eigenvalue weighted by molar-refractivity contribution is -0.132. The minimum atomic E-state index is 0.190. The number of carbonyl (C=O) groups is 1. The Hall–Kier alpha value is -1.66. The minimum absolute atomic E-state index is 0.190. The molecular weight excluding hydrogens is 256 g/mol. The highest BCUT2D eigenvalue weighted by Gasteiger charge is 2.17. The first-order valence-electron chi connectivity index (χ1n) is 6.85. The Labute approximate surface area is 119 Å². The molecule has 0 aliphatic carbocycles. The molecule has 1 amide bonds. The summed E-state index contributed by atoms with van der Waals surface area (Å²) in [6.07, 6.45) is 1.78. The van der Waals surface area contributed by atoms with Gasteiger partial charge in [-0.3, -0.25) is 9.69 Å². The van der Waals surface area contributed by atoms with Crippen molar-refractivity contribution >= 4 is 5.91 Å². The molecule has 6 heteroatoms. The molecule has 1 aromatic heterocycles. The number of aromatic nitrogens is 1. The van der Waals surface area contributed by atoms with Crippen molar-refractivity contribution in [3.05, 3.63) is 23.9 Å². The molecule has 0 saturated carbocycles. The van der Waals surface area contributed by atoms with E-state index in [4.69, 9.17) is 4.74 Å². The monoisotopic (exact) mass is 278 g/mol. The lowest BCUT2D eigenvalue weighted by atomic mass is 10.2. The minimum Gasteiger partial charge on any atom is -0.481 e. The third-order valence-corrected chi connectivity index (χ3v) is 3.33. The highest BCUT2D eigenvalue weighted by molar-refractivity contribution is 5.78. The van der Waals surface area contributed by atoms with Crippen LogP contribution in [0, 0.1) is 0 Å². The van der Waals surface area contributed by atoms with Crippen LogP contribution in [0.5, 0.6) is 5.88 Å². The van der Waals surface area contributed by atoms with Gasteiger partial charge >= 0.3 is 0 Å². The first-order chi connectivity index (χ1) is 9.69. The quantitative estimate of drug-likeness (QED) is 0.818. The van der Waals surface area contributed by atoms with E-state index in [2.05, 4.69) is 10.3 Å². The molecule has 0 spiro atoms. The topological polar surface area (TPSA) is 57.7 Å². The second-order valence-electron chi connectivity index (χ2n) is 5.01. The summed E-state index contributed by atoms with van der Waals surface area (Å²) in [7, 11) is 3.55. The fourth-order valence-corrected chi connectivity index (χ4v) is 2.24. The maximum Gasteiger partial charge on any atom is 0.236 e. The van der Waals surface area contributed by atoms with Crippen LogP contribution < -0.4 is 10.1 Å². The molecule has 0 radical (unpaired) electrons. The van der Waals surface area contributed by atoms with E-state index in [0.29, 0.717) is 19.0 Å². The van der Waals surface area contributed by atoms with Crippen LogP contribution in [0.2, 0.25) is 0 Å². The van der Waals surface area contributed by atoms with Crippen LogP contribution in [-0.2, 0) is 11.3 Å². The maximum absolute atomic E-state index is 12.1. The van der Waals surface area contributed by atoms with Gasteiger partial charge in [0.25, 0.3) is 0 Å². The van der Waals surface area contributed by atoms with Crippen molar-refractivity contribution in [3.8, 4) is 5.88 Å². The number of likely N-dealkylation sites (N-methyl/N-ethyl adjacent to an activating group) is 1. The van der Waals surface area contributed by atoms with Gasteiger partial charge in [0, 0.05) is 45.0 Å². The molecule has 0 bridgehead atoms. The van der Waals surface area contributed by atoms with Gasteiger partial charge < -0.3 is 15.0 Å². The molecule has 1 aliphatic rings. The van der Waals surface area contributed by atoms with E-state index in [9.17, 15) is 4.79 Å². The molecule has 20 heavy (non-hydrogen) atoms. The summed E-state index contributed by atoms with van der Waals surface area (Å²) in [5.41, 5.74) is 1.07. The number of nitrogens with one attached hydrogen (secondary N) is 1. The number of methoxy groups -OCH3 is 1. The van der Waals surface area contributed by atoms with Gasteiger partial charge in [0.1, 0.15) is 0 Å². The largest absolute Gasteiger partial charge is 0.481 e. The molecule has 2 heterocycles. The number of ether oxygens (including phenoxy) is 1. The molecule has 110 valence electrons. The van der Waals surface area contributed by atoms with Gasteiger partial charge in [-0.05, 0) is 12.6 Å². The number of amides is 1. The highest BCUT2D eigenvalue weighted by atomic mass is 16.5. The summed E-state index contributed by atoms with van der Waals surface area (Å²) in [5, 5.41) is 3.25. The van der Waals surface area contributed by atoms with E-state index >= 15 is 0 Å². The Bertz CT molecular complexity index is 429. The van der Waals surface area contributed by atoms with Crippen LogP contribution in [0.15, 0.2) is 18.3 Å². The van der Waals surface area contributed by atoms with Crippen molar-refractivity contribution in [2.24, 2.45) is 0 Å². The van der Waals surface area contributed by atoms with E-state index in [-0.39, 0.29) is 5.91 Å². The summed E-state index contributed by atoms with van der Waals surface area (Å²) in [4.78, 5) is 20.2. The van der Waals surface area contributed by atoms with Crippen LogP contribution in [0.25, 0.3) is 0 Å². The van der Waals surface area contributed by atoms with Gasteiger partial charge in [-0.2, -0.15) is 0 Å². The number of rotatable bonds is 5. The summed E-state index contributed by atoms with van der Waals surface area (Å²) in [5.74, 6) is 0.795. The Kier molecular flexibility index (Phi) is 5.31.